The van der Waals surface area contributed by atoms with Gasteiger partial charge in [0.1, 0.15) is 22.3 Å². The second kappa shape index (κ2) is 5.90. The van der Waals surface area contributed by atoms with Crippen LogP contribution in [0.1, 0.15) is 5.56 Å². The van der Waals surface area contributed by atoms with E-state index in [4.69, 9.17) is 0 Å². The molecule has 3 rings (SSSR count). The second-order valence-corrected chi connectivity index (χ2v) is 5.62. The van der Waals surface area contributed by atoms with Crippen LogP contribution >= 0.6 is 0 Å². The van der Waals surface area contributed by atoms with Crippen molar-refractivity contribution >= 4 is 22.9 Å². The fourth-order valence-electron chi connectivity index (χ4n) is 2.72. The number of nitrogens with zero attached hydrogens (tertiary/aromatic N) is 4. The number of aromatic hydroxyl groups is 1. The normalized spacial score (nSPS) is 11.5. The molecule has 8 heteroatoms. The van der Waals surface area contributed by atoms with Crippen LogP contribution in [-0.4, -0.2) is 25.0 Å². The molecule has 0 aliphatic carbocycles. The molecule has 0 fully saturated rings. The third-order valence-corrected chi connectivity index (χ3v) is 4.08. The van der Waals surface area contributed by atoms with Gasteiger partial charge in [-0.25, -0.2) is 4.79 Å². The molecule has 0 unspecified atom stereocenters. The van der Waals surface area contributed by atoms with Gasteiger partial charge in [-0.1, -0.05) is 18.2 Å². The van der Waals surface area contributed by atoms with Crippen molar-refractivity contribution in [2.24, 2.45) is 26.1 Å². The number of benzene rings is 1. The summed E-state index contributed by atoms with van der Waals surface area (Å²) in [6.07, 6.45) is 1.22. The fraction of sp³-hybridized carbons (Fsp3) is 0.176. The van der Waals surface area contributed by atoms with Crippen LogP contribution in [0.25, 0.3) is 11.0 Å². The first-order chi connectivity index (χ1) is 11.8. The summed E-state index contributed by atoms with van der Waals surface area (Å²) >= 11 is 0. The molecule has 0 saturated heterocycles. The number of pyridine rings is 1. The summed E-state index contributed by atoms with van der Waals surface area (Å²) in [5.74, 6) is -0.492. The molecular formula is C17H16N4O4. The highest BCUT2D eigenvalue weighted by Gasteiger charge is 2.20. The molecule has 2 heterocycles. The van der Waals surface area contributed by atoms with E-state index in [2.05, 4.69) is 4.99 Å². The Bertz CT molecular complexity index is 1180. The van der Waals surface area contributed by atoms with E-state index in [9.17, 15) is 19.5 Å². The van der Waals surface area contributed by atoms with Crippen LogP contribution in [0.5, 0.6) is 5.75 Å². The van der Waals surface area contributed by atoms with Crippen molar-refractivity contribution in [1.82, 2.24) is 13.7 Å². The molecule has 0 saturated carbocycles. The number of hydrogen-bond acceptors (Lipinski definition) is 5. The summed E-state index contributed by atoms with van der Waals surface area (Å²) in [4.78, 5) is 41.3. The van der Waals surface area contributed by atoms with Crippen LogP contribution in [0.2, 0.25) is 0 Å². The summed E-state index contributed by atoms with van der Waals surface area (Å²) in [7, 11) is 4.18. The summed E-state index contributed by atoms with van der Waals surface area (Å²) in [5.41, 5.74) is -1.30. The smallest absolute Gasteiger partial charge is 0.332 e. The van der Waals surface area contributed by atoms with Gasteiger partial charge in [0.25, 0.3) is 11.1 Å². The Kier molecular flexibility index (Phi) is 3.88. The number of para-hydroxylation sites is 1. The number of rotatable bonds is 2. The first kappa shape index (κ1) is 16.4. The summed E-state index contributed by atoms with van der Waals surface area (Å²) in [6.45, 7) is 0. The second-order valence-electron chi connectivity index (χ2n) is 5.62. The molecule has 2 aromatic heterocycles. The van der Waals surface area contributed by atoms with Gasteiger partial charge in [0, 0.05) is 27.4 Å². The van der Waals surface area contributed by atoms with E-state index < -0.39 is 22.6 Å². The molecule has 8 nitrogen and oxygen atoms in total. The van der Waals surface area contributed by atoms with Gasteiger partial charge in [-0.2, -0.15) is 0 Å². The van der Waals surface area contributed by atoms with Crippen molar-refractivity contribution in [3.63, 3.8) is 0 Å². The topological polar surface area (TPSA) is 98.6 Å². The molecule has 0 radical (unpaired) electrons. The van der Waals surface area contributed by atoms with Crippen LogP contribution in [0, 0.1) is 0 Å². The van der Waals surface area contributed by atoms with E-state index in [0.717, 1.165) is 13.7 Å². The zero-order chi connectivity index (χ0) is 18.3. The average Bonchev–Trinajstić information content (AvgIpc) is 2.62. The molecule has 0 spiro atoms. The standard InChI is InChI=1S/C17H16N4O4/c1-19-14-12(16(24)21(3)17(25)20(14)2)13(22)11(15(19)23)9-18-10-7-5-4-6-8-10/h4-9,22H,1-3H3. The zero-order valence-electron chi connectivity index (χ0n) is 13.9. The van der Waals surface area contributed by atoms with E-state index in [1.165, 1.54) is 27.4 Å². The number of hydrogen-bond donors (Lipinski definition) is 1. The van der Waals surface area contributed by atoms with Crippen molar-refractivity contribution < 1.29 is 5.11 Å². The van der Waals surface area contributed by atoms with Crippen LogP contribution < -0.4 is 16.8 Å². The minimum Gasteiger partial charge on any atom is -0.506 e. The van der Waals surface area contributed by atoms with Crippen LogP contribution in [-0.2, 0) is 21.1 Å². The highest BCUT2D eigenvalue weighted by molar-refractivity contribution is 5.94. The highest BCUT2D eigenvalue weighted by atomic mass is 16.3. The maximum atomic E-state index is 12.6. The molecule has 1 N–H and O–H groups in total. The van der Waals surface area contributed by atoms with Gasteiger partial charge in [-0.3, -0.25) is 28.3 Å². The molecule has 1 aromatic carbocycles. The third kappa shape index (κ3) is 2.47. The van der Waals surface area contributed by atoms with Gasteiger partial charge in [0.05, 0.1) is 5.69 Å². The van der Waals surface area contributed by atoms with E-state index in [-0.39, 0.29) is 16.6 Å². The Morgan fingerprint density at radius 2 is 1.56 bits per heavy atom. The summed E-state index contributed by atoms with van der Waals surface area (Å²) in [6, 6.07) is 8.88. The van der Waals surface area contributed by atoms with Crippen molar-refractivity contribution in [1.29, 1.82) is 0 Å². The molecule has 3 aromatic rings. The molecule has 0 atom stereocenters. The predicted molar refractivity (Wildman–Crippen MR) is 95.0 cm³/mol. The lowest BCUT2D eigenvalue weighted by Crippen LogP contribution is -2.40. The summed E-state index contributed by atoms with van der Waals surface area (Å²) < 4.78 is 3.19. The van der Waals surface area contributed by atoms with E-state index in [1.807, 2.05) is 6.07 Å². The number of aliphatic imine (C=N–C) groups is 1. The first-order valence-electron chi connectivity index (χ1n) is 7.45. The molecular weight excluding hydrogens is 324 g/mol. The summed E-state index contributed by atoms with van der Waals surface area (Å²) in [5, 5.41) is 10.4. The first-order valence-corrected chi connectivity index (χ1v) is 7.45. The Hall–Kier alpha value is -3.42. The third-order valence-electron chi connectivity index (χ3n) is 4.08. The molecule has 0 aliphatic rings. The molecule has 0 bridgehead atoms. The van der Waals surface area contributed by atoms with Crippen molar-refractivity contribution in [2.45, 2.75) is 0 Å². The lowest BCUT2D eigenvalue weighted by molar-refractivity contribution is 0.476. The van der Waals surface area contributed by atoms with Crippen LogP contribution in [0.4, 0.5) is 5.69 Å². The van der Waals surface area contributed by atoms with E-state index in [0.29, 0.717) is 5.69 Å². The SMILES string of the molecule is Cn1c(=O)c2c(O)c(C=Nc3ccccc3)c(=O)n(C)c2n(C)c1=O. The highest BCUT2D eigenvalue weighted by Crippen LogP contribution is 2.21. The number of fused-ring (bicyclic) bond motifs is 1. The fourth-order valence-corrected chi connectivity index (χ4v) is 2.72. The monoisotopic (exact) mass is 340 g/mol. The van der Waals surface area contributed by atoms with E-state index in [1.54, 1.807) is 24.3 Å². The Balaban J connectivity index is 2.40. The quantitative estimate of drug-likeness (QED) is 0.682. The van der Waals surface area contributed by atoms with E-state index >= 15 is 0 Å². The Morgan fingerprint density at radius 1 is 0.920 bits per heavy atom. The molecule has 128 valence electrons. The molecule has 0 aliphatic heterocycles. The largest absolute Gasteiger partial charge is 0.506 e. The molecule has 0 amide bonds. The maximum absolute atomic E-state index is 12.6. The van der Waals surface area contributed by atoms with Crippen LogP contribution in [0.15, 0.2) is 49.7 Å². The maximum Gasteiger partial charge on any atom is 0.332 e. The Labute approximate surface area is 141 Å². The van der Waals surface area contributed by atoms with Crippen LogP contribution in [0.3, 0.4) is 0 Å². The minimum atomic E-state index is -0.680. The minimum absolute atomic E-state index is 0.0486. The van der Waals surface area contributed by atoms with Gasteiger partial charge in [0.15, 0.2) is 0 Å². The number of aromatic nitrogens is 3. The predicted octanol–water partition coefficient (Wildman–Crippen LogP) is 0.392. The lowest BCUT2D eigenvalue weighted by Gasteiger charge is -2.13. The van der Waals surface area contributed by atoms with Crippen molar-refractivity contribution in [3.8, 4) is 5.75 Å². The van der Waals surface area contributed by atoms with Gasteiger partial charge in [-0.05, 0) is 12.1 Å². The van der Waals surface area contributed by atoms with Crippen molar-refractivity contribution in [2.75, 3.05) is 0 Å². The van der Waals surface area contributed by atoms with Crippen molar-refractivity contribution in [3.05, 3.63) is 67.1 Å². The Morgan fingerprint density at radius 3 is 2.20 bits per heavy atom. The average molecular weight is 340 g/mol. The van der Waals surface area contributed by atoms with Gasteiger partial charge in [-0.15, -0.1) is 0 Å². The number of aryl methyl sites for hydroxylation is 2. The van der Waals surface area contributed by atoms with Gasteiger partial charge >= 0.3 is 5.69 Å². The van der Waals surface area contributed by atoms with Gasteiger partial charge in [0.2, 0.25) is 0 Å². The molecule has 25 heavy (non-hydrogen) atoms. The van der Waals surface area contributed by atoms with Gasteiger partial charge < -0.3 is 5.11 Å². The lowest BCUT2D eigenvalue weighted by atomic mass is 10.2. The zero-order valence-corrected chi connectivity index (χ0v) is 13.9.